The molecule has 0 bridgehead atoms. The van der Waals surface area contributed by atoms with Crippen molar-refractivity contribution in [1.29, 1.82) is 0 Å². The highest BCUT2D eigenvalue weighted by molar-refractivity contribution is 5.35. The van der Waals surface area contributed by atoms with Crippen LogP contribution in [0.1, 0.15) is 26.5 Å². The third-order valence-corrected chi connectivity index (χ3v) is 1.85. The molecule has 0 amide bonds. The van der Waals surface area contributed by atoms with Gasteiger partial charge in [0.05, 0.1) is 12.0 Å². The Morgan fingerprint density at radius 1 is 1.58 bits per heavy atom. The van der Waals surface area contributed by atoms with Crippen LogP contribution in [0.25, 0.3) is 0 Å². The van der Waals surface area contributed by atoms with Crippen molar-refractivity contribution in [3.05, 3.63) is 12.0 Å². The molecule has 1 rings (SSSR count). The van der Waals surface area contributed by atoms with E-state index in [9.17, 15) is 0 Å². The first kappa shape index (κ1) is 9.10. The third kappa shape index (κ3) is 1.78. The molecule has 0 radical (unpaired) electrons. The second kappa shape index (κ2) is 3.61. The zero-order valence-corrected chi connectivity index (χ0v) is 8.04. The molecule has 0 aliphatic carbocycles. The van der Waals surface area contributed by atoms with E-state index >= 15 is 0 Å². The molecule has 0 aromatic carbocycles. The molecule has 3 heteroatoms. The molecule has 0 fully saturated rings. The molecule has 3 nitrogen and oxygen atoms in total. The lowest BCUT2D eigenvalue weighted by atomic mass is 10.2. The van der Waals surface area contributed by atoms with Gasteiger partial charge in [0, 0.05) is 6.54 Å². The molecule has 2 N–H and O–H groups in total. The van der Waals surface area contributed by atoms with Gasteiger partial charge in [-0.2, -0.15) is 0 Å². The van der Waals surface area contributed by atoms with E-state index in [1.54, 1.807) is 0 Å². The van der Waals surface area contributed by atoms with Gasteiger partial charge >= 0.3 is 0 Å². The topological polar surface area (TPSA) is 43.8 Å². The molecule has 0 unspecified atom stereocenters. The SMILES string of the molecule is CCc1ncn(CC(C)C)c1N. The molecule has 68 valence electrons. The van der Waals surface area contributed by atoms with Crippen LogP contribution in [-0.2, 0) is 13.0 Å². The summed E-state index contributed by atoms with van der Waals surface area (Å²) in [6.07, 6.45) is 2.74. The van der Waals surface area contributed by atoms with Gasteiger partial charge in [0.25, 0.3) is 0 Å². The zero-order valence-electron chi connectivity index (χ0n) is 8.04. The second-order valence-corrected chi connectivity index (χ2v) is 3.48. The van der Waals surface area contributed by atoms with Crippen molar-refractivity contribution in [2.45, 2.75) is 33.7 Å². The summed E-state index contributed by atoms with van der Waals surface area (Å²) in [6.45, 7) is 7.37. The normalized spacial score (nSPS) is 11.0. The Morgan fingerprint density at radius 3 is 2.67 bits per heavy atom. The maximum atomic E-state index is 5.86. The fraction of sp³-hybridized carbons (Fsp3) is 0.667. The molecule has 0 aliphatic rings. The van der Waals surface area contributed by atoms with E-state index in [4.69, 9.17) is 5.73 Å². The summed E-state index contributed by atoms with van der Waals surface area (Å²) in [4.78, 5) is 4.23. The van der Waals surface area contributed by atoms with Crippen LogP contribution in [0.3, 0.4) is 0 Å². The van der Waals surface area contributed by atoms with E-state index in [0.29, 0.717) is 5.92 Å². The van der Waals surface area contributed by atoms with Gasteiger partial charge in [0.2, 0.25) is 0 Å². The monoisotopic (exact) mass is 167 g/mol. The van der Waals surface area contributed by atoms with E-state index in [0.717, 1.165) is 24.5 Å². The van der Waals surface area contributed by atoms with Crippen molar-refractivity contribution in [2.24, 2.45) is 5.92 Å². The number of aromatic nitrogens is 2. The van der Waals surface area contributed by atoms with E-state index in [1.807, 2.05) is 10.9 Å². The van der Waals surface area contributed by atoms with Gasteiger partial charge in [-0.15, -0.1) is 0 Å². The number of hydrogen-bond acceptors (Lipinski definition) is 2. The molecule has 1 heterocycles. The predicted molar refractivity (Wildman–Crippen MR) is 50.9 cm³/mol. The number of imidazole rings is 1. The molecular formula is C9H17N3. The third-order valence-electron chi connectivity index (χ3n) is 1.85. The van der Waals surface area contributed by atoms with Crippen LogP contribution in [-0.4, -0.2) is 9.55 Å². The quantitative estimate of drug-likeness (QED) is 0.744. The van der Waals surface area contributed by atoms with E-state index in [-0.39, 0.29) is 0 Å². The fourth-order valence-corrected chi connectivity index (χ4v) is 1.24. The Bertz CT molecular complexity index is 250. The summed E-state index contributed by atoms with van der Waals surface area (Å²) < 4.78 is 2.02. The molecule has 1 aromatic heterocycles. The van der Waals surface area contributed by atoms with Gasteiger partial charge in [-0.25, -0.2) is 4.98 Å². The molecule has 1 aromatic rings. The van der Waals surface area contributed by atoms with Crippen LogP contribution >= 0.6 is 0 Å². The molecule has 0 spiro atoms. The van der Waals surface area contributed by atoms with Crippen LogP contribution < -0.4 is 5.73 Å². The Kier molecular flexibility index (Phi) is 2.74. The number of nitrogen functional groups attached to an aromatic ring is 1. The number of nitrogens with zero attached hydrogens (tertiary/aromatic N) is 2. The Balaban J connectivity index is 2.80. The smallest absolute Gasteiger partial charge is 0.126 e. The highest BCUT2D eigenvalue weighted by Gasteiger charge is 2.05. The van der Waals surface area contributed by atoms with Crippen molar-refractivity contribution in [3.8, 4) is 0 Å². The van der Waals surface area contributed by atoms with E-state index in [1.165, 1.54) is 0 Å². The summed E-state index contributed by atoms with van der Waals surface area (Å²) in [6, 6.07) is 0. The Labute approximate surface area is 73.6 Å². The van der Waals surface area contributed by atoms with Gasteiger partial charge in [-0.3, -0.25) is 0 Å². The summed E-state index contributed by atoms with van der Waals surface area (Å²) in [5.41, 5.74) is 6.87. The van der Waals surface area contributed by atoms with Crippen molar-refractivity contribution in [1.82, 2.24) is 9.55 Å². The van der Waals surface area contributed by atoms with Crippen LogP contribution in [0.15, 0.2) is 6.33 Å². The minimum Gasteiger partial charge on any atom is -0.384 e. The first-order valence-corrected chi connectivity index (χ1v) is 4.44. The maximum Gasteiger partial charge on any atom is 0.126 e. The van der Waals surface area contributed by atoms with E-state index < -0.39 is 0 Å². The lowest BCUT2D eigenvalue weighted by Gasteiger charge is -2.07. The van der Waals surface area contributed by atoms with Crippen molar-refractivity contribution < 1.29 is 0 Å². The van der Waals surface area contributed by atoms with Crippen molar-refractivity contribution in [2.75, 3.05) is 5.73 Å². The standard InChI is InChI=1S/C9H17N3/c1-4-8-9(10)12(6-11-8)5-7(2)3/h6-7H,4-5,10H2,1-3H3. The second-order valence-electron chi connectivity index (χ2n) is 3.48. The van der Waals surface area contributed by atoms with Crippen LogP contribution in [0.4, 0.5) is 5.82 Å². The largest absolute Gasteiger partial charge is 0.384 e. The number of rotatable bonds is 3. The summed E-state index contributed by atoms with van der Waals surface area (Å²) in [5, 5.41) is 0. The number of nitrogens with two attached hydrogens (primary N) is 1. The molecule has 0 aliphatic heterocycles. The molecule has 0 atom stereocenters. The highest BCUT2D eigenvalue weighted by atomic mass is 15.1. The summed E-state index contributed by atoms with van der Waals surface area (Å²) in [7, 11) is 0. The van der Waals surface area contributed by atoms with Gasteiger partial charge in [-0.05, 0) is 12.3 Å². The van der Waals surface area contributed by atoms with Gasteiger partial charge in [0.15, 0.2) is 0 Å². The van der Waals surface area contributed by atoms with Gasteiger partial charge < -0.3 is 10.3 Å². The highest BCUT2D eigenvalue weighted by Crippen LogP contribution is 2.12. The predicted octanol–water partition coefficient (Wildman–Crippen LogP) is 1.68. The number of anilines is 1. The summed E-state index contributed by atoms with van der Waals surface area (Å²) in [5.74, 6) is 1.44. The first-order chi connectivity index (χ1) is 5.65. The first-order valence-electron chi connectivity index (χ1n) is 4.44. The van der Waals surface area contributed by atoms with Crippen LogP contribution in [0.2, 0.25) is 0 Å². The molecule has 0 saturated heterocycles. The van der Waals surface area contributed by atoms with E-state index in [2.05, 4.69) is 25.8 Å². The lowest BCUT2D eigenvalue weighted by Crippen LogP contribution is -2.07. The van der Waals surface area contributed by atoms with Crippen LogP contribution in [0.5, 0.6) is 0 Å². The number of aryl methyl sites for hydroxylation is 1. The molecule has 12 heavy (non-hydrogen) atoms. The minimum atomic E-state index is 0.617. The molecule has 0 saturated carbocycles. The van der Waals surface area contributed by atoms with Crippen molar-refractivity contribution >= 4 is 5.82 Å². The zero-order chi connectivity index (χ0) is 9.14. The van der Waals surface area contributed by atoms with Crippen molar-refractivity contribution in [3.63, 3.8) is 0 Å². The number of hydrogen-bond donors (Lipinski definition) is 1. The average molecular weight is 167 g/mol. The van der Waals surface area contributed by atoms with Crippen LogP contribution in [0, 0.1) is 5.92 Å². The van der Waals surface area contributed by atoms with Gasteiger partial charge in [0.1, 0.15) is 5.82 Å². The van der Waals surface area contributed by atoms with Gasteiger partial charge in [-0.1, -0.05) is 20.8 Å². The average Bonchev–Trinajstić information content (AvgIpc) is 2.32. The maximum absolute atomic E-state index is 5.86. The lowest BCUT2D eigenvalue weighted by molar-refractivity contribution is 0.527. The molecular weight excluding hydrogens is 150 g/mol. The Hall–Kier alpha value is -0.990. The minimum absolute atomic E-state index is 0.617. The fourth-order valence-electron chi connectivity index (χ4n) is 1.24. The Morgan fingerprint density at radius 2 is 2.25 bits per heavy atom. The summed E-state index contributed by atoms with van der Waals surface area (Å²) >= 11 is 0.